The Morgan fingerprint density at radius 2 is 1.68 bits per heavy atom. The Hall–Kier alpha value is -1.51. The van der Waals surface area contributed by atoms with Crippen LogP contribution in [-0.4, -0.2) is 13.6 Å². The van der Waals surface area contributed by atoms with E-state index in [1.807, 2.05) is 37.4 Å². The van der Waals surface area contributed by atoms with Crippen LogP contribution in [0.25, 0.3) is 0 Å². The summed E-state index contributed by atoms with van der Waals surface area (Å²) in [4.78, 5) is 0. The summed E-state index contributed by atoms with van der Waals surface area (Å²) in [6.07, 6.45) is 1.01. The quantitative estimate of drug-likeness (QED) is 0.868. The lowest BCUT2D eigenvalue weighted by atomic mass is 10.1. The molecule has 0 saturated carbocycles. The monoisotopic (exact) mass is 275 g/mol. The summed E-state index contributed by atoms with van der Waals surface area (Å²) in [5.74, 6) is 0.841. The number of rotatable bonds is 6. The molecule has 0 aliphatic carbocycles. The number of hydrogen-bond acceptors (Lipinski definition) is 2. The first-order chi connectivity index (χ1) is 9.29. The largest absolute Gasteiger partial charge is 0.489 e. The van der Waals surface area contributed by atoms with Gasteiger partial charge in [0.15, 0.2) is 0 Å². The van der Waals surface area contributed by atoms with E-state index >= 15 is 0 Å². The highest BCUT2D eigenvalue weighted by molar-refractivity contribution is 6.30. The van der Waals surface area contributed by atoms with E-state index in [4.69, 9.17) is 16.3 Å². The van der Waals surface area contributed by atoms with Crippen molar-refractivity contribution in [3.63, 3.8) is 0 Å². The van der Waals surface area contributed by atoms with Crippen LogP contribution in [0, 0.1) is 0 Å². The molecule has 0 bridgehead atoms. The molecule has 3 heteroatoms. The van der Waals surface area contributed by atoms with E-state index in [1.165, 1.54) is 11.1 Å². The summed E-state index contributed by atoms with van der Waals surface area (Å²) < 4.78 is 5.79. The molecule has 2 rings (SSSR count). The third-order valence-corrected chi connectivity index (χ3v) is 3.22. The molecule has 100 valence electrons. The lowest BCUT2D eigenvalue weighted by Crippen LogP contribution is -2.12. The first-order valence-electron chi connectivity index (χ1n) is 6.39. The van der Waals surface area contributed by atoms with Crippen molar-refractivity contribution in [3.05, 3.63) is 64.7 Å². The highest BCUT2D eigenvalue weighted by Crippen LogP contribution is 2.18. The van der Waals surface area contributed by atoms with Crippen molar-refractivity contribution in [1.29, 1.82) is 0 Å². The number of ether oxygens (including phenoxy) is 1. The second-order valence-corrected chi connectivity index (χ2v) is 4.80. The van der Waals surface area contributed by atoms with Crippen LogP contribution < -0.4 is 10.1 Å². The summed E-state index contributed by atoms with van der Waals surface area (Å²) in [6.45, 7) is 1.56. The Morgan fingerprint density at radius 1 is 1.00 bits per heavy atom. The molecule has 19 heavy (non-hydrogen) atoms. The molecule has 1 N–H and O–H groups in total. The molecule has 0 amide bonds. The number of hydrogen-bond donors (Lipinski definition) is 1. The zero-order valence-corrected chi connectivity index (χ0v) is 11.8. The fraction of sp³-hybridized carbons (Fsp3) is 0.250. The van der Waals surface area contributed by atoms with Crippen LogP contribution in [0.5, 0.6) is 5.75 Å². The lowest BCUT2D eigenvalue weighted by molar-refractivity contribution is 0.305. The number of likely N-dealkylation sites (N-methyl/N-ethyl adjacent to an activating group) is 1. The Bertz CT molecular complexity index is 510. The molecule has 0 aliphatic rings. The summed E-state index contributed by atoms with van der Waals surface area (Å²) >= 11 is 5.85. The van der Waals surface area contributed by atoms with Crippen LogP contribution in [0.1, 0.15) is 11.1 Å². The van der Waals surface area contributed by atoms with Crippen LogP contribution in [0.3, 0.4) is 0 Å². The summed E-state index contributed by atoms with van der Waals surface area (Å²) in [6, 6.07) is 15.8. The van der Waals surface area contributed by atoms with E-state index in [9.17, 15) is 0 Å². The maximum Gasteiger partial charge on any atom is 0.119 e. The van der Waals surface area contributed by atoms with Crippen molar-refractivity contribution in [2.24, 2.45) is 0 Å². The SMILES string of the molecule is CNCCc1ccccc1COc1ccc(Cl)cc1. The van der Waals surface area contributed by atoms with Crippen molar-refractivity contribution < 1.29 is 4.74 Å². The van der Waals surface area contributed by atoms with Crippen molar-refractivity contribution in [1.82, 2.24) is 5.32 Å². The predicted molar refractivity (Wildman–Crippen MR) is 79.9 cm³/mol. The van der Waals surface area contributed by atoms with Crippen LogP contribution in [0.4, 0.5) is 0 Å². The van der Waals surface area contributed by atoms with Gasteiger partial charge in [-0.15, -0.1) is 0 Å². The Balaban J connectivity index is 2.00. The molecule has 0 radical (unpaired) electrons. The van der Waals surface area contributed by atoms with Gasteiger partial charge in [-0.3, -0.25) is 0 Å². The van der Waals surface area contributed by atoms with Crippen molar-refractivity contribution in [2.75, 3.05) is 13.6 Å². The molecule has 0 unspecified atom stereocenters. The van der Waals surface area contributed by atoms with Crippen molar-refractivity contribution >= 4 is 11.6 Å². The van der Waals surface area contributed by atoms with Gasteiger partial charge in [0, 0.05) is 5.02 Å². The van der Waals surface area contributed by atoms with E-state index in [2.05, 4.69) is 23.5 Å². The third-order valence-electron chi connectivity index (χ3n) is 2.97. The Morgan fingerprint density at radius 3 is 2.37 bits per heavy atom. The average Bonchev–Trinajstić information content (AvgIpc) is 2.45. The highest BCUT2D eigenvalue weighted by atomic mass is 35.5. The van der Waals surface area contributed by atoms with Gasteiger partial charge in [-0.25, -0.2) is 0 Å². The van der Waals surface area contributed by atoms with E-state index in [1.54, 1.807) is 0 Å². The average molecular weight is 276 g/mol. The molecule has 2 aromatic carbocycles. The molecule has 2 nitrogen and oxygen atoms in total. The van der Waals surface area contributed by atoms with E-state index in [0.717, 1.165) is 23.7 Å². The van der Waals surface area contributed by atoms with Gasteiger partial charge < -0.3 is 10.1 Å². The number of benzene rings is 2. The van der Waals surface area contributed by atoms with Gasteiger partial charge in [-0.05, 0) is 55.4 Å². The first-order valence-corrected chi connectivity index (χ1v) is 6.77. The van der Waals surface area contributed by atoms with Crippen LogP contribution in [0.2, 0.25) is 5.02 Å². The summed E-state index contributed by atoms with van der Waals surface area (Å²) in [5, 5.41) is 3.89. The minimum absolute atomic E-state index is 0.585. The van der Waals surface area contributed by atoms with E-state index in [0.29, 0.717) is 6.61 Å². The molecule has 0 fully saturated rings. The first kappa shape index (κ1) is 13.9. The van der Waals surface area contributed by atoms with Gasteiger partial charge >= 0.3 is 0 Å². The zero-order valence-electron chi connectivity index (χ0n) is 11.0. The molecule has 0 saturated heterocycles. The molecule has 0 spiro atoms. The van der Waals surface area contributed by atoms with Gasteiger partial charge in [-0.1, -0.05) is 35.9 Å². The lowest BCUT2D eigenvalue weighted by Gasteiger charge is -2.11. The fourth-order valence-electron chi connectivity index (χ4n) is 1.89. The second-order valence-electron chi connectivity index (χ2n) is 4.36. The van der Waals surface area contributed by atoms with Gasteiger partial charge in [0.05, 0.1) is 0 Å². The Kier molecular flexibility index (Phi) is 5.25. The number of halogens is 1. The standard InChI is InChI=1S/C16H18ClNO/c1-18-11-10-13-4-2-3-5-14(13)12-19-16-8-6-15(17)7-9-16/h2-9,18H,10-12H2,1H3. The van der Waals surface area contributed by atoms with Gasteiger partial charge in [-0.2, -0.15) is 0 Å². The topological polar surface area (TPSA) is 21.3 Å². The highest BCUT2D eigenvalue weighted by Gasteiger charge is 2.02. The van der Waals surface area contributed by atoms with E-state index < -0.39 is 0 Å². The zero-order chi connectivity index (χ0) is 13.5. The van der Waals surface area contributed by atoms with Gasteiger partial charge in [0.25, 0.3) is 0 Å². The molecular weight excluding hydrogens is 258 g/mol. The maximum atomic E-state index is 5.85. The summed E-state index contributed by atoms with van der Waals surface area (Å²) in [7, 11) is 1.97. The van der Waals surface area contributed by atoms with Crippen molar-refractivity contribution in [2.45, 2.75) is 13.0 Å². The van der Waals surface area contributed by atoms with Crippen LogP contribution >= 0.6 is 11.6 Å². The Labute approximate surface area is 119 Å². The molecule has 2 aromatic rings. The third kappa shape index (κ3) is 4.27. The predicted octanol–water partition coefficient (Wildman–Crippen LogP) is 3.68. The van der Waals surface area contributed by atoms with Crippen molar-refractivity contribution in [3.8, 4) is 5.75 Å². The molecule has 0 aromatic heterocycles. The maximum absolute atomic E-state index is 5.85. The second kappa shape index (κ2) is 7.17. The number of nitrogens with one attached hydrogen (secondary N) is 1. The minimum atomic E-state index is 0.585. The smallest absolute Gasteiger partial charge is 0.119 e. The van der Waals surface area contributed by atoms with E-state index in [-0.39, 0.29) is 0 Å². The molecule has 0 aliphatic heterocycles. The fourth-order valence-corrected chi connectivity index (χ4v) is 2.02. The minimum Gasteiger partial charge on any atom is -0.489 e. The van der Waals surface area contributed by atoms with Crippen LogP contribution in [0.15, 0.2) is 48.5 Å². The normalized spacial score (nSPS) is 10.4. The van der Waals surface area contributed by atoms with Gasteiger partial charge in [0.2, 0.25) is 0 Å². The van der Waals surface area contributed by atoms with Crippen LogP contribution in [-0.2, 0) is 13.0 Å². The van der Waals surface area contributed by atoms with Gasteiger partial charge in [0.1, 0.15) is 12.4 Å². The molecule has 0 atom stereocenters. The summed E-state index contributed by atoms with van der Waals surface area (Å²) in [5.41, 5.74) is 2.55. The molecule has 0 heterocycles. The molecular formula is C16H18ClNO.